The molecule has 1 aromatic rings. The molecule has 2 rings (SSSR count). The van der Waals surface area contributed by atoms with Gasteiger partial charge >= 0.3 is 0 Å². The van der Waals surface area contributed by atoms with E-state index in [2.05, 4.69) is 4.90 Å². The van der Waals surface area contributed by atoms with Crippen LogP contribution in [0.25, 0.3) is 0 Å². The van der Waals surface area contributed by atoms with E-state index in [1.54, 1.807) is 0 Å². The topological polar surface area (TPSA) is 41.9 Å². The fraction of sp³-hybridized carbons (Fsp3) is 0.647. The molecular weight excluding hydrogens is 302 g/mol. The molecule has 0 aromatic heterocycles. The Morgan fingerprint density at radius 2 is 2.14 bits per heavy atom. The highest BCUT2D eigenvalue weighted by atomic mass is 35.5. The molecule has 4 nitrogen and oxygen atoms in total. The number of benzene rings is 1. The summed E-state index contributed by atoms with van der Waals surface area (Å²) >= 11 is 6.24. The summed E-state index contributed by atoms with van der Waals surface area (Å²) in [5.41, 5.74) is 0.779. The van der Waals surface area contributed by atoms with Crippen molar-refractivity contribution >= 4 is 11.6 Å². The molecule has 0 bridgehead atoms. The van der Waals surface area contributed by atoms with Gasteiger partial charge < -0.3 is 14.6 Å². The van der Waals surface area contributed by atoms with Gasteiger partial charge in [-0.2, -0.15) is 0 Å². The molecule has 22 heavy (non-hydrogen) atoms. The lowest BCUT2D eigenvalue weighted by molar-refractivity contribution is -0.0757. The van der Waals surface area contributed by atoms with Crippen molar-refractivity contribution in [3.63, 3.8) is 0 Å². The molecule has 1 heterocycles. The SMILES string of the molecule is CC(C)(C)OCC(O)CN1CCOC(c2ccccc2Cl)C1. The molecule has 0 aliphatic carbocycles. The Morgan fingerprint density at radius 3 is 2.82 bits per heavy atom. The van der Waals surface area contributed by atoms with E-state index in [-0.39, 0.29) is 11.7 Å². The number of ether oxygens (including phenoxy) is 2. The predicted molar refractivity (Wildman–Crippen MR) is 88.3 cm³/mol. The minimum atomic E-state index is -0.496. The van der Waals surface area contributed by atoms with Crippen molar-refractivity contribution in [2.75, 3.05) is 32.8 Å². The van der Waals surface area contributed by atoms with Gasteiger partial charge in [-0.15, -0.1) is 0 Å². The van der Waals surface area contributed by atoms with Crippen LogP contribution in [0.15, 0.2) is 24.3 Å². The van der Waals surface area contributed by atoms with E-state index in [9.17, 15) is 5.11 Å². The molecule has 2 unspecified atom stereocenters. The number of hydrogen-bond donors (Lipinski definition) is 1. The zero-order valence-corrected chi connectivity index (χ0v) is 14.3. The van der Waals surface area contributed by atoms with Crippen molar-refractivity contribution in [1.29, 1.82) is 0 Å². The molecule has 124 valence electrons. The first-order chi connectivity index (χ1) is 10.3. The molecule has 0 saturated carbocycles. The van der Waals surface area contributed by atoms with Crippen LogP contribution in [-0.4, -0.2) is 54.6 Å². The first-order valence-corrected chi connectivity index (χ1v) is 8.13. The third kappa shape index (κ3) is 5.52. The van der Waals surface area contributed by atoms with Crippen LogP contribution in [0.5, 0.6) is 0 Å². The predicted octanol–water partition coefficient (Wildman–Crippen LogP) is 2.89. The molecular formula is C17H26ClNO3. The first-order valence-electron chi connectivity index (χ1n) is 7.75. The summed E-state index contributed by atoms with van der Waals surface area (Å²) in [6.45, 7) is 9.08. The van der Waals surface area contributed by atoms with Gasteiger partial charge in [0.2, 0.25) is 0 Å². The minimum absolute atomic E-state index is 0.0433. The van der Waals surface area contributed by atoms with Crippen LogP contribution in [0, 0.1) is 0 Å². The van der Waals surface area contributed by atoms with Gasteiger partial charge in [0.15, 0.2) is 0 Å². The highest BCUT2D eigenvalue weighted by Gasteiger charge is 2.25. The van der Waals surface area contributed by atoms with Crippen molar-refractivity contribution < 1.29 is 14.6 Å². The fourth-order valence-electron chi connectivity index (χ4n) is 2.49. The molecule has 1 saturated heterocycles. The zero-order chi connectivity index (χ0) is 16.2. The summed E-state index contributed by atoms with van der Waals surface area (Å²) in [4.78, 5) is 2.20. The molecule has 0 radical (unpaired) electrons. The van der Waals surface area contributed by atoms with Crippen LogP contribution in [0.1, 0.15) is 32.4 Å². The molecule has 5 heteroatoms. The van der Waals surface area contributed by atoms with Crippen LogP contribution in [0.2, 0.25) is 5.02 Å². The van der Waals surface area contributed by atoms with Crippen LogP contribution in [0.4, 0.5) is 0 Å². The van der Waals surface area contributed by atoms with E-state index < -0.39 is 6.10 Å². The average Bonchev–Trinajstić information content (AvgIpc) is 2.45. The zero-order valence-electron chi connectivity index (χ0n) is 13.6. The minimum Gasteiger partial charge on any atom is -0.389 e. The monoisotopic (exact) mass is 327 g/mol. The number of hydrogen-bond acceptors (Lipinski definition) is 4. The largest absolute Gasteiger partial charge is 0.389 e. The van der Waals surface area contributed by atoms with Crippen LogP contribution in [0.3, 0.4) is 0 Å². The Hall–Kier alpha value is -0.650. The Bertz CT molecular complexity index is 475. The lowest BCUT2D eigenvalue weighted by Gasteiger charge is -2.35. The molecule has 0 amide bonds. The van der Waals surface area contributed by atoms with Gasteiger partial charge in [-0.1, -0.05) is 29.8 Å². The second kappa shape index (κ2) is 7.75. The van der Waals surface area contributed by atoms with Crippen molar-refractivity contribution in [3.05, 3.63) is 34.9 Å². The van der Waals surface area contributed by atoms with Gasteiger partial charge in [-0.3, -0.25) is 4.90 Å². The standard InChI is InChI=1S/C17H26ClNO3/c1-17(2,3)22-12-13(20)10-19-8-9-21-16(11-19)14-6-4-5-7-15(14)18/h4-7,13,16,20H,8-12H2,1-3H3. The van der Waals surface area contributed by atoms with E-state index in [0.717, 1.165) is 23.7 Å². The van der Waals surface area contributed by atoms with Crippen LogP contribution < -0.4 is 0 Å². The second-order valence-corrected chi connectivity index (χ2v) is 7.12. The van der Waals surface area contributed by atoms with Crippen molar-refractivity contribution in [2.45, 2.75) is 38.6 Å². The van der Waals surface area contributed by atoms with Crippen molar-refractivity contribution in [2.24, 2.45) is 0 Å². The summed E-state index contributed by atoms with van der Waals surface area (Å²) in [6.07, 6.45) is -0.539. The molecule has 1 N–H and O–H groups in total. The maximum absolute atomic E-state index is 10.1. The molecule has 0 spiro atoms. The summed E-state index contributed by atoms with van der Waals surface area (Å²) in [5, 5.41) is 10.9. The summed E-state index contributed by atoms with van der Waals surface area (Å²) in [5.74, 6) is 0. The average molecular weight is 328 g/mol. The van der Waals surface area contributed by atoms with Crippen LogP contribution >= 0.6 is 11.6 Å². The molecule has 1 fully saturated rings. The number of aliphatic hydroxyl groups is 1. The molecule has 2 atom stereocenters. The Morgan fingerprint density at radius 1 is 1.41 bits per heavy atom. The third-order valence-corrected chi connectivity index (χ3v) is 3.92. The van der Waals surface area contributed by atoms with E-state index in [1.807, 2.05) is 45.0 Å². The van der Waals surface area contributed by atoms with Crippen LogP contribution in [-0.2, 0) is 9.47 Å². The lowest BCUT2D eigenvalue weighted by atomic mass is 10.1. The van der Waals surface area contributed by atoms with E-state index in [4.69, 9.17) is 21.1 Å². The molecule has 1 aliphatic rings. The number of nitrogens with zero attached hydrogens (tertiary/aromatic N) is 1. The fourth-order valence-corrected chi connectivity index (χ4v) is 2.75. The number of halogens is 1. The van der Waals surface area contributed by atoms with Gasteiger partial charge in [0, 0.05) is 30.2 Å². The van der Waals surface area contributed by atoms with Gasteiger partial charge in [0.1, 0.15) is 0 Å². The van der Waals surface area contributed by atoms with E-state index in [1.165, 1.54) is 0 Å². The first kappa shape index (κ1) is 17.7. The smallest absolute Gasteiger partial charge is 0.0966 e. The number of β-amino-alcohol motifs (C(OH)–C–C–N with tert-alkyl or cyclic N) is 1. The highest BCUT2D eigenvalue weighted by molar-refractivity contribution is 6.31. The normalized spacial score (nSPS) is 21.8. The van der Waals surface area contributed by atoms with Crippen molar-refractivity contribution in [3.8, 4) is 0 Å². The maximum Gasteiger partial charge on any atom is 0.0966 e. The Balaban J connectivity index is 1.87. The molecule has 1 aromatic carbocycles. The lowest BCUT2D eigenvalue weighted by Crippen LogP contribution is -2.44. The van der Waals surface area contributed by atoms with Gasteiger partial charge in [-0.05, 0) is 26.8 Å². The third-order valence-electron chi connectivity index (χ3n) is 3.58. The second-order valence-electron chi connectivity index (χ2n) is 6.72. The Kier molecular flexibility index (Phi) is 6.24. The van der Waals surface area contributed by atoms with E-state index in [0.29, 0.717) is 19.8 Å². The van der Waals surface area contributed by atoms with E-state index >= 15 is 0 Å². The summed E-state index contributed by atoms with van der Waals surface area (Å²) < 4.78 is 11.5. The summed E-state index contributed by atoms with van der Waals surface area (Å²) in [7, 11) is 0. The van der Waals surface area contributed by atoms with Gasteiger partial charge in [0.05, 0.1) is 31.0 Å². The number of aliphatic hydroxyl groups excluding tert-OH is 1. The van der Waals surface area contributed by atoms with Gasteiger partial charge in [0.25, 0.3) is 0 Å². The van der Waals surface area contributed by atoms with Gasteiger partial charge in [-0.25, -0.2) is 0 Å². The van der Waals surface area contributed by atoms with Crippen molar-refractivity contribution in [1.82, 2.24) is 4.90 Å². The molecule has 1 aliphatic heterocycles. The number of rotatable bonds is 5. The highest BCUT2D eigenvalue weighted by Crippen LogP contribution is 2.28. The maximum atomic E-state index is 10.1. The Labute approximate surface area is 138 Å². The quantitative estimate of drug-likeness (QED) is 0.903. The number of morpholine rings is 1. The summed E-state index contributed by atoms with van der Waals surface area (Å²) in [6, 6.07) is 7.76.